The standard InChI is InChI=1S/C13H10BrCl3N2/c1-7(9-3-2-4-10(15)12(9)16)19-11-5-8(14)6-18-13(11)17/h2-7,19H,1H3. The molecular formula is C13H10BrCl3N2. The minimum atomic E-state index is -0.0419. The second kappa shape index (κ2) is 6.31. The van der Waals surface area contributed by atoms with Gasteiger partial charge in [0.2, 0.25) is 0 Å². The molecule has 0 aliphatic carbocycles. The van der Waals surface area contributed by atoms with E-state index in [4.69, 9.17) is 34.8 Å². The van der Waals surface area contributed by atoms with E-state index in [2.05, 4.69) is 26.2 Å². The molecule has 2 rings (SSSR count). The van der Waals surface area contributed by atoms with Crippen LogP contribution in [0.1, 0.15) is 18.5 Å². The quantitative estimate of drug-likeness (QED) is 0.663. The van der Waals surface area contributed by atoms with Gasteiger partial charge < -0.3 is 5.32 Å². The van der Waals surface area contributed by atoms with Crippen molar-refractivity contribution in [1.82, 2.24) is 4.98 Å². The summed E-state index contributed by atoms with van der Waals surface area (Å²) in [7, 11) is 0. The maximum absolute atomic E-state index is 6.20. The molecule has 0 spiro atoms. The molecule has 1 heterocycles. The topological polar surface area (TPSA) is 24.9 Å². The highest BCUT2D eigenvalue weighted by molar-refractivity contribution is 9.10. The van der Waals surface area contributed by atoms with Gasteiger partial charge in [0.1, 0.15) is 0 Å². The average molecular weight is 381 g/mol. The van der Waals surface area contributed by atoms with Gasteiger partial charge in [-0.05, 0) is 40.5 Å². The van der Waals surface area contributed by atoms with Gasteiger partial charge in [0, 0.05) is 10.7 Å². The third-order valence-electron chi connectivity index (χ3n) is 2.63. The van der Waals surface area contributed by atoms with Crippen LogP contribution in [0.25, 0.3) is 0 Å². The van der Waals surface area contributed by atoms with Gasteiger partial charge in [-0.25, -0.2) is 4.98 Å². The molecule has 6 heteroatoms. The lowest BCUT2D eigenvalue weighted by molar-refractivity contribution is 0.883. The van der Waals surface area contributed by atoms with Crippen molar-refractivity contribution in [3.05, 3.63) is 55.7 Å². The molecule has 0 aliphatic heterocycles. The molecule has 0 amide bonds. The lowest BCUT2D eigenvalue weighted by Gasteiger charge is -2.18. The summed E-state index contributed by atoms with van der Waals surface area (Å²) in [6.45, 7) is 1.98. The van der Waals surface area contributed by atoms with E-state index in [1.807, 2.05) is 25.1 Å². The van der Waals surface area contributed by atoms with Crippen molar-refractivity contribution < 1.29 is 0 Å². The molecule has 0 saturated heterocycles. The highest BCUT2D eigenvalue weighted by Crippen LogP contribution is 2.33. The van der Waals surface area contributed by atoms with Gasteiger partial charge in [-0.15, -0.1) is 0 Å². The number of pyridine rings is 1. The van der Waals surface area contributed by atoms with Crippen LogP contribution in [0.5, 0.6) is 0 Å². The smallest absolute Gasteiger partial charge is 0.152 e. The fourth-order valence-electron chi connectivity index (χ4n) is 1.69. The summed E-state index contributed by atoms with van der Waals surface area (Å²) in [6.07, 6.45) is 1.64. The number of hydrogen-bond donors (Lipinski definition) is 1. The van der Waals surface area contributed by atoms with E-state index in [9.17, 15) is 0 Å². The van der Waals surface area contributed by atoms with Gasteiger partial charge in [-0.1, -0.05) is 46.9 Å². The van der Waals surface area contributed by atoms with Crippen molar-refractivity contribution in [1.29, 1.82) is 0 Å². The van der Waals surface area contributed by atoms with E-state index in [0.29, 0.717) is 15.2 Å². The Hall–Kier alpha value is -0.480. The summed E-state index contributed by atoms with van der Waals surface area (Å²) in [5.74, 6) is 0. The van der Waals surface area contributed by atoms with Crippen molar-refractivity contribution >= 4 is 56.4 Å². The first-order chi connectivity index (χ1) is 8.99. The number of benzene rings is 1. The van der Waals surface area contributed by atoms with Gasteiger partial charge in [0.25, 0.3) is 0 Å². The Labute approximate surface area is 135 Å². The molecule has 0 saturated carbocycles. The SMILES string of the molecule is CC(Nc1cc(Br)cnc1Cl)c1cccc(Cl)c1Cl. The minimum Gasteiger partial charge on any atom is -0.376 e. The normalized spacial score (nSPS) is 12.3. The number of anilines is 1. The molecule has 1 aromatic carbocycles. The van der Waals surface area contributed by atoms with Gasteiger partial charge in [-0.2, -0.15) is 0 Å². The summed E-state index contributed by atoms with van der Waals surface area (Å²) >= 11 is 21.6. The van der Waals surface area contributed by atoms with E-state index in [-0.39, 0.29) is 6.04 Å². The van der Waals surface area contributed by atoms with E-state index in [1.165, 1.54) is 0 Å². The lowest BCUT2D eigenvalue weighted by Crippen LogP contribution is -2.08. The van der Waals surface area contributed by atoms with E-state index < -0.39 is 0 Å². The Morgan fingerprint density at radius 3 is 2.74 bits per heavy atom. The summed E-state index contributed by atoms with van der Waals surface area (Å²) in [4.78, 5) is 4.06. The van der Waals surface area contributed by atoms with Crippen LogP contribution in [0.3, 0.4) is 0 Å². The van der Waals surface area contributed by atoms with E-state index in [1.54, 1.807) is 12.3 Å². The molecule has 1 unspecified atom stereocenters. The largest absolute Gasteiger partial charge is 0.376 e. The zero-order valence-electron chi connectivity index (χ0n) is 9.92. The molecule has 19 heavy (non-hydrogen) atoms. The molecule has 2 nitrogen and oxygen atoms in total. The fourth-order valence-corrected chi connectivity index (χ4v) is 2.65. The molecule has 2 aromatic rings. The summed E-state index contributed by atoms with van der Waals surface area (Å²) in [5.41, 5.74) is 1.64. The minimum absolute atomic E-state index is 0.0419. The third kappa shape index (κ3) is 3.54. The van der Waals surface area contributed by atoms with Crippen molar-refractivity contribution in [3.8, 4) is 0 Å². The second-order valence-corrected chi connectivity index (χ2v) is 6.06. The van der Waals surface area contributed by atoms with Gasteiger partial charge >= 0.3 is 0 Å². The predicted octanol–water partition coefficient (Wildman–Crippen LogP) is 5.98. The Balaban J connectivity index is 2.28. The Morgan fingerprint density at radius 2 is 2.00 bits per heavy atom. The number of nitrogens with zero attached hydrogens (tertiary/aromatic N) is 1. The monoisotopic (exact) mass is 378 g/mol. The molecule has 0 radical (unpaired) electrons. The Bertz CT molecular complexity index is 604. The molecule has 0 bridgehead atoms. The van der Waals surface area contributed by atoms with Crippen LogP contribution in [0, 0.1) is 0 Å². The molecule has 1 N–H and O–H groups in total. The summed E-state index contributed by atoms with van der Waals surface area (Å²) in [6, 6.07) is 7.37. The van der Waals surface area contributed by atoms with Crippen molar-refractivity contribution in [2.75, 3.05) is 5.32 Å². The van der Waals surface area contributed by atoms with Crippen LogP contribution in [-0.2, 0) is 0 Å². The molecule has 0 fully saturated rings. The predicted molar refractivity (Wildman–Crippen MR) is 85.4 cm³/mol. The number of halogens is 4. The van der Waals surface area contributed by atoms with Crippen molar-refractivity contribution in [3.63, 3.8) is 0 Å². The molecule has 100 valence electrons. The zero-order valence-corrected chi connectivity index (χ0v) is 13.8. The van der Waals surface area contributed by atoms with Crippen molar-refractivity contribution in [2.45, 2.75) is 13.0 Å². The maximum atomic E-state index is 6.20. The first-order valence-corrected chi connectivity index (χ1v) is 7.43. The summed E-state index contributed by atoms with van der Waals surface area (Å²) < 4.78 is 0.851. The third-order valence-corrected chi connectivity index (χ3v) is 4.19. The Kier molecular flexibility index (Phi) is 4.96. The van der Waals surface area contributed by atoms with Gasteiger partial charge in [-0.3, -0.25) is 0 Å². The van der Waals surface area contributed by atoms with Crippen LogP contribution in [0.2, 0.25) is 15.2 Å². The second-order valence-electron chi connectivity index (χ2n) is 4.00. The first-order valence-electron chi connectivity index (χ1n) is 5.50. The van der Waals surface area contributed by atoms with E-state index >= 15 is 0 Å². The fraction of sp³-hybridized carbons (Fsp3) is 0.154. The molecule has 0 aliphatic rings. The molecule has 1 atom stereocenters. The maximum Gasteiger partial charge on any atom is 0.152 e. The highest BCUT2D eigenvalue weighted by atomic mass is 79.9. The first kappa shape index (κ1) is 14.9. The highest BCUT2D eigenvalue weighted by Gasteiger charge is 2.13. The van der Waals surface area contributed by atoms with Crippen LogP contribution < -0.4 is 5.32 Å². The van der Waals surface area contributed by atoms with E-state index in [0.717, 1.165) is 15.7 Å². The number of aromatic nitrogens is 1. The van der Waals surface area contributed by atoms with Crippen LogP contribution >= 0.6 is 50.7 Å². The van der Waals surface area contributed by atoms with Gasteiger partial charge in [0.05, 0.1) is 21.8 Å². The number of nitrogens with one attached hydrogen (secondary N) is 1. The number of hydrogen-bond acceptors (Lipinski definition) is 2. The lowest BCUT2D eigenvalue weighted by atomic mass is 10.1. The van der Waals surface area contributed by atoms with Crippen molar-refractivity contribution in [2.24, 2.45) is 0 Å². The van der Waals surface area contributed by atoms with Crippen LogP contribution in [0.4, 0.5) is 5.69 Å². The van der Waals surface area contributed by atoms with Crippen LogP contribution in [0.15, 0.2) is 34.9 Å². The average Bonchev–Trinajstić information content (AvgIpc) is 2.37. The number of rotatable bonds is 3. The van der Waals surface area contributed by atoms with Crippen LogP contribution in [-0.4, -0.2) is 4.98 Å². The zero-order chi connectivity index (χ0) is 14.0. The molecular weight excluding hydrogens is 370 g/mol. The van der Waals surface area contributed by atoms with Gasteiger partial charge in [0.15, 0.2) is 5.15 Å². The molecule has 1 aromatic heterocycles. The summed E-state index contributed by atoms with van der Waals surface area (Å²) in [5, 5.41) is 4.76. The Morgan fingerprint density at radius 1 is 1.26 bits per heavy atom.